The minimum Gasteiger partial charge on any atom is -0.459 e. The Morgan fingerprint density at radius 3 is 2.74 bits per heavy atom. The average molecular weight is 423 g/mol. The Balaban J connectivity index is 1.42. The van der Waals surface area contributed by atoms with E-state index in [9.17, 15) is 9.90 Å². The Morgan fingerprint density at radius 2 is 2.03 bits per heavy atom. The van der Waals surface area contributed by atoms with Gasteiger partial charge in [-0.3, -0.25) is 0 Å². The molecule has 0 atom stereocenters. The van der Waals surface area contributed by atoms with Crippen LogP contribution >= 0.6 is 0 Å². The number of anilines is 1. The fourth-order valence-electron chi connectivity index (χ4n) is 6.23. The number of fused-ring (bicyclic) bond motifs is 1. The van der Waals surface area contributed by atoms with Crippen molar-refractivity contribution in [3.63, 3.8) is 0 Å². The molecule has 0 spiro atoms. The molecule has 3 aromatic rings. The van der Waals surface area contributed by atoms with Gasteiger partial charge in [-0.15, -0.1) is 0 Å². The summed E-state index contributed by atoms with van der Waals surface area (Å²) in [6.07, 6.45) is 9.00. The highest BCUT2D eigenvalue weighted by atomic mass is 16.6. The number of H-pyrrole nitrogens is 1. The van der Waals surface area contributed by atoms with Crippen molar-refractivity contribution >= 4 is 22.7 Å². The van der Waals surface area contributed by atoms with Gasteiger partial charge in [0.15, 0.2) is 0 Å². The molecule has 0 amide bonds. The molecular formula is C22H25N5O4. The smallest absolute Gasteiger partial charge is 0.397 e. The summed E-state index contributed by atoms with van der Waals surface area (Å²) in [7, 11) is 0. The lowest BCUT2D eigenvalue weighted by Gasteiger charge is -2.59. The number of nitrogens with zero attached hydrogens (tertiary/aromatic N) is 3. The predicted octanol–water partition coefficient (Wildman–Crippen LogP) is 3.35. The van der Waals surface area contributed by atoms with Crippen LogP contribution in [0.25, 0.3) is 22.4 Å². The molecule has 31 heavy (non-hydrogen) atoms. The molecule has 4 fully saturated rings. The van der Waals surface area contributed by atoms with Crippen molar-refractivity contribution in [1.29, 1.82) is 0 Å². The van der Waals surface area contributed by atoms with Crippen LogP contribution in [0.15, 0.2) is 23.0 Å². The quantitative estimate of drug-likeness (QED) is 0.421. The van der Waals surface area contributed by atoms with Crippen molar-refractivity contribution < 1.29 is 19.2 Å². The van der Waals surface area contributed by atoms with Crippen molar-refractivity contribution in [2.75, 3.05) is 11.9 Å². The fraction of sp³-hybridized carbons (Fsp3) is 0.545. The zero-order chi connectivity index (χ0) is 21.2. The fourth-order valence-corrected chi connectivity index (χ4v) is 6.23. The van der Waals surface area contributed by atoms with Gasteiger partial charge in [0.05, 0.1) is 17.9 Å². The molecule has 9 nitrogen and oxygen atoms in total. The largest absolute Gasteiger partial charge is 0.459 e. The van der Waals surface area contributed by atoms with Crippen molar-refractivity contribution in [2.24, 2.45) is 23.7 Å². The number of carbonyl (C=O) groups excluding carboxylic acids is 1. The normalized spacial score (nSPS) is 31.3. The van der Waals surface area contributed by atoms with E-state index in [4.69, 9.17) is 9.26 Å². The van der Waals surface area contributed by atoms with Crippen LogP contribution in [0, 0.1) is 23.7 Å². The minimum atomic E-state index is -0.985. The SMILES string of the molecule is CCOC(=O)c1nc(-c2cnc3[nH]ccc3c2NC2(O)C3CC4CC(C3)CC2C4)no1. The highest BCUT2D eigenvalue weighted by Crippen LogP contribution is 2.58. The Labute approximate surface area is 178 Å². The van der Waals surface area contributed by atoms with Crippen molar-refractivity contribution in [1.82, 2.24) is 20.1 Å². The van der Waals surface area contributed by atoms with Gasteiger partial charge in [-0.25, -0.2) is 9.78 Å². The van der Waals surface area contributed by atoms with Crippen molar-refractivity contribution in [3.05, 3.63) is 24.4 Å². The number of ether oxygens (including phenoxy) is 1. The number of carbonyl (C=O) groups is 1. The number of rotatable bonds is 5. The standard InChI is InChI=1S/C22H25N5O4/c1-2-30-21(28)20-25-19(27-31-20)16-10-24-18-15(3-4-23-18)17(16)26-22(29)13-6-11-5-12(8-13)9-14(22)7-11/h3-4,10-14,29H,2,5-9H2,1H3,(H2,23,24,26). The Bertz CT molecular complexity index is 1120. The molecule has 4 aliphatic rings. The Morgan fingerprint density at radius 1 is 1.29 bits per heavy atom. The third-order valence-electron chi connectivity index (χ3n) is 7.41. The summed E-state index contributed by atoms with van der Waals surface area (Å²) in [5.41, 5.74) is 1.00. The van der Waals surface area contributed by atoms with Gasteiger partial charge in [0.2, 0.25) is 5.82 Å². The van der Waals surface area contributed by atoms with Gasteiger partial charge in [0.25, 0.3) is 0 Å². The molecule has 3 aromatic heterocycles. The third-order valence-corrected chi connectivity index (χ3v) is 7.41. The molecule has 4 saturated carbocycles. The zero-order valence-electron chi connectivity index (χ0n) is 17.3. The molecule has 0 aliphatic heterocycles. The summed E-state index contributed by atoms with van der Waals surface area (Å²) < 4.78 is 10.1. The van der Waals surface area contributed by atoms with Crippen LogP contribution in [0.4, 0.5) is 5.69 Å². The molecule has 0 radical (unpaired) electrons. The van der Waals surface area contributed by atoms with E-state index in [1.807, 2.05) is 12.3 Å². The zero-order valence-corrected chi connectivity index (χ0v) is 17.3. The van der Waals surface area contributed by atoms with E-state index >= 15 is 0 Å². The molecule has 0 unspecified atom stereocenters. The lowest BCUT2D eigenvalue weighted by Crippen LogP contribution is -2.61. The molecule has 162 valence electrons. The van der Waals surface area contributed by atoms with E-state index in [1.165, 1.54) is 6.42 Å². The van der Waals surface area contributed by atoms with Crippen LogP contribution in [-0.4, -0.2) is 43.5 Å². The summed E-state index contributed by atoms with van der Waals surface area (Å²) in [6.45, 7) is 1.94. The van der Waals surface area contributed by atoms with Crippen LogP contribution in [0.5, 0.6) is 0 Å². The lowest BCUT2D eigenvalue weighted by molar-refractivity contribution is -0.154. The Kier molecular flexibility index (Phi) is 4.11. The predicted molar refractivity (Wildman–Crippen MR) is 111 cm³/mol. The second-order valence-corrected chi connectivity index (χ2v) is 9.19. The van der Waals surface area contributed by atoms with E-state index in [0.717, 1.165) is 42.9 Å². The number of aliphatic hydroxyl groups is 1. The first-order valence-electron chi connectivity index (χ1n) is 11.0. The number of hydrogen-bond donors (Lipinski definition) is 3. The third kappa shape index (κ3) is 2.86. The summed E-state index contributed by atoms with van der Waals surface area (Å²) in [6, 6.07) is 1.92. The molecule has 7 rings (SSSR count). The van der Waals surface area contributed by atoms with Gasteiger partial charge in [0, 0.05) is 29.6 Å². The maximum absolute atomic E-state index is 12.0. The molecule has 3 heterocycles. The first-order chi connectivity index (χ1) is 15.0. The molecular weight excluding hydrogens is 398 g/mol. The molecule has 4 bridgehead atoms. The summed E-state index contributed by atoms with van der Waals surface area (Å²) in [5, 5.41) is 20.2. The maximum Gasteiger partial charge on any atom is 0.397 e. The van der Waals surface area contributed by atoms with Gasteiger partial charge in [-0.05, 0) is 56.9 Å². The number of aromatic amines is 1. The van der Waals surface area contributed by atoms with E-state index in [1.54, 1.807) is 13.1 Å². The lowest BCUT2D eigenvalue weighted by atomic mass is 9.52. The van der Waals surface area contributed by atoms with E-state index < -0.39 is 11.7 Å². The second-order valence-electron chi connectivity index (χ2n) is 9.19. The van der Waals surface area contributed by atoms with Crippen molar-refractivity contribution in [3.8, 4) is 11.4 Å². The van der Waals surface area contributed by atoms with E-state index in [0.29, 0.717) is 16.9 Å². The molecule has 9 heteroatoms. The number of esters is 1. The van der Waals surface area contributed by atoms with Gasteiger partial charge >= 0.3 is 11.9 Å². The summed E-state index contributed by atoms with van der Waals surface area (Å²) in [4.78, 5) is 23.8. The highest BCUT2D eigenvalue weighted by molar-refractivity contribution is 5.97. The van der Waals surface area contributed by atoms with E-state index in [2.05, 4.69) is 25.4 Å². The van der Waals surface area contributed by atoms with Gasteiger partial charge in [-0.2, -0.15) is 4.98 Å². The van der Waals surface area contributed by atoms with Crippen LogP contribution in [0.1, 0.15) is 49.7 Å². The monoisotopic (exact) mass is 423 g/mol. The number of nitrogens with one attached hydrogen (secondary N) is 2. The van der Waals surface area contributed by atoms with Crippen LogP contribution in [0.3, 0.4) is 0 Å². The summed E-state index contributed by atoms with van der Waals surface area (Å²) in [5.74, 6) is 1.28. The topological polar surface area (TPSA) is 126 Å². The van der Waals surface area contributed by atoms with E-state index in [-0.39, 0.29) is 30.2 Å². The summed E-state index contributed by atoms with van der Waals surface area (Å²) >= 11 is 0. The van der Waals surface area contributed by atoms with Gasteiger partial charge in [-0.1, -0.05) is 5.16 Å². The molecule has 4 aliphatic carbocycles. The van der Waals surface area contributed by atoms with Gasteiger partial charge in [0.1, 0.15) is 11.4 Å². The molecule has 0 aromatic carbocycles. The van der Waals surface area contributed by atoms with Crippen LogP contribution < -0.4 is 5.32 Å². The molecule has 0 saturated heterocycles. The highest BCUT2D eigenvalue weighted by Gasteiger charge is 2.57. The maximum atomic E-state index is 12.0. The number of aromatic nitrogens is 4. The number of pyridine rings is 1. The van der Waals surface area contributed by atoms with Crippen LogP contribution in [-0.2, 0) is 4.74 Å². The van der Waals surface area contributed by atoms with Crippen molar-refractivity contribution in [2.45, 2.75) is 44.8 Å². The van der Waals surface area contributed by atoms with Gasteiger partial charge < -0.3 is 24.7 Å². The Hall–Kier alpha value is -2.94. The average Bonchev–Trinajstić information content (AvgIpc) is 3.42. The number of hydrogen-bond acceptors (Lipinski definition) is 8. The first kappa shape index (κ1) is 18.8. The first-order valence-corrected chi connectivity index (χ1v) is 11.0. The van der Waals surface area contributed by atoms with Crippen LogP contribution in [0.2, 0.25) is 0 Å². The minimum absolute atomic E-state index is 0.203. The molecule has 3 N–H and O–H groups in total. The second kappa shape index (κ2) is 6.78.